The first-order valence-electron chi connectivity index (χ1n) is 8.56. The zero-order chi connectivity index (χ0) is 20.5. The second-order valence-corrected chi connectivity index (χ2v) is 7.52. The van der Waals surface area contributed by atoms with E-state index in [1.165, 1.54) is 17.2 Å². The van der Waals surface area contributed by atoms with Crippen LogP contribution < -0.4 is 5.32 Å². The second-order valence-electron chi connectivity index (χ2n) is 7.11. The summed E-state index contributed by atoms with van der Waals surface area (Å²) in [5.74, 6) is -1.89. The van der Waals surface area contributed by atoms with Gasteiger partial charge in [0.25, 0.3) is 11.8 Å². The molecule has 7 nitrogen and oxygen atoms in total. The van der Waals surface area contributed by atoms with E-state index >= 15 is 0 Å². The minimum atomic E-state index is -1.19. The maximum absolute atomic E-state index is 12.5. The van der Waals surface area contributed by atoms with Gasteiger partial charge >= 0.3 is 5.97 Å². The maximum atomic E-state index is 12.5. The Kier molecular flexibility index (Phi) is 5.40. The van der Waals surface area contributed by atoms with Crippen LogP contribution >= 0.6 is 11.6 Å². The second kappa shape index (κ2) is 7.61. The first-order chi connectivity index (χ1) is 13.2. The number of halogens is 1. The third-order valence-electron chi connectivity index (χ3n) is 4.41. The van der Waals surface area contributed by atoms with Crippen LogP contribution in [0.2, 0.25) is 5.02 Å². The molecule has 0 unspecified atom stereocenters. The molecule has 1 saturated heterocycles. The van der Waals surface area contributed by atoms with Gasteiger partial charge in [0.2, 0.25) is 0 Å². The van der Waals surface area contributed by atoms with E-state index in [1.807, 2.05) is 0 Å². The lowest BCUT2D eigenvalue weighted by molar-refractivity contribution is -0.165. The molecule has 0 spiro atoms. The Hall–Kier alpha value is -2.90. The van der Waals surface area contributed by atoms with Crippen LogP contribution in [0.3, 0.4) is 0 Å². The molecule has 146 valence electrons. The number of anilines is 1. The van der Waals surface area contributed by atoms with Gasteiger partial charge in [-0.05, 0) is 49.7 Å². The van der Waals surface area contributed by atoms with Crippen LogP contribution in [-0.4, -0.2) is 34.6 Å². The molecule has 0 atom stereocenters. The van der Waals surface area contributed by atoms with Gasteiger partial charge in [0, 0.05) is 10.7 Å². The van der Waals surface area contributed by atoms with Crippen LogP contribution in [0.25, 0.3) is 0 Å². The summed E-state index contributed by atoms with van der Waals surface area (Å²) in [5.41, 5.74) is 0.380. The third-order valence-corrected chi connectivity index (χ3v) is 4.78. The highest BCUT2D eigenvalue weighted by Crippen LogP contribution is 2.30. The highest BCUT2D eigenvalue weighted by molar-refractivity contribution is 6.31. The summed E-state index contributed by atoms with van der Waals surface area (Å²) in [6.45, 7) is 4.02. The molecule has 2 aromatic rings. The molecule has 2 amide bonds. The number of carbonyl (C=O) groups is 3. The highest BCUT2D eigenvalue weighted by Gasteiger charge is 2.40. The smallest absolute Gasteiger partial charge is 0.336 e. The van der Waals surface area contributed by atoms with E-state index in [-0.39, 0.29) is 30.2 Å². The summed E-state index contributed by atoms with van der Waals surface area (Å²) in [7, 11) is 0. The van der Waals surface area contributed by atoms with E-state index in [9.17, 15) is 19.5 Å². The number of nitrogens with zero attached hydrogens (tertiary/aromatic N) is 1. The maximum Gasteiger partial charge on any atom is 0.336 e. The average molecular weight is 403 g/mol. The number of benzene rings is 2. The summed E-state index contributed by atoms with van der Waals surface area (Å²) < 4.78 is 0. The largest absolute Gasteiger partial charge is 0.478 e. The van der Waals surface area contributed by atoms with Gasteiger partial charge in [0.05, 0.1) is 29.7 Å². The topological polar surface area (TPSA) is 95.9 Å². The number of nitrogens with one attached hydrogen (secondary N) is 1. The van der Waals surface area contributed by atoms with Crippen molar-refractivity contribution in [2.24, 2.45) is 5.41 Å². The lowest BCUT2D eigenvalue weighted by Gasteiger charge is -2.18. The number of aromatic carboxylic acids is 1. The molecule has 2 N–H and O–H groups in total. The monoisotopic (exact) mass is 402 g/mol. The van der Waals surface area contributed by atoms with Crippen molar-refractivity contribution in [1.82, 2.24) is 5.06 Å². The molecule has 0 radical (unpaired) electrons. The van der Waals surface area contributed by atoms with Crippen molar-refractivity contribution < 1.29 is 24.3 Å². The normalized spacial score (nSPS) is 15.5. The number of hydroxylamine groups is 2. The fraction of sp³-hybridized carbons (Fsp3) is 0.250. The predicted molar refractivity (Wildman–Crippen MR) is 103 cm³/mol. The van der Waals surface area contributed by atoms with Crippen LogP contribution in [0.5, 0.6) is 0 Å². The van der Waals surface area contributed by atoms with E-state index < -0.39 is 17.3 Å². The number of hydrogen-bond donors (Lipinski definition) is 2. The van der Waals surface area contributed by atoms with Crippen LogP contribution in [0.4, 0.5) is 5.69 Å². The lowest BCUT2D eigenvalue weighted by Crippen LogP contribution is -2.30. The fourth-order valence-corrected chi connectivity index (χ4v) is 2.99. The van der Waals surface area contributed by atoms with Gasteiger partial charge in [-0.1, -0.05) is 23.7 Å². The third kappa shape index (κ3) is 4.00. The number of carbonyl (C=O) groups excluding carboxylic acids is 2. The zero-order valence-electron chi connectivity index (χ0n) is 15.4. The molecular formula is C20H19ClN2O5. The molecular weight excluding hydrogens is 384 g/mol. The summed E-state index contributed by atoms with van der Waals surface area (Å²) in [6.07, 6.45) is 0. The van der Waals surface area contributed by atoms with E-state index in [0.29, 0.717) is 16.3 Å². The number of hydrogen-bond acceptors (Lipinski definition) is 4. The molecule has 1 aliphatic rings. The van der Waals surface area contributed by atoms with Crippen LogP contribution in [0, 0.1) is 5.41 Å². The Balaban J connectivity index is 1.80. The van der Waals surface area contributed by atoms with E-state index in [0.717, 1.165) is 0 Å². The minimum absolute atomic E-state index is 0.0475. The van der Waals surface area contributed by atoms with Crippen LogP contribution in [0.15, 0.2) is 42.5 Å². The molecule has 0 saturated carbocycles. The summed E-state index contributed by atoms with van der Waals surface area (Å²) in [6, 6.07) is 10.8. The molecule has 28 heavy (non-hydrogen) atoms. The molecule has 8 heteroatoms. The molecule has 3 rings (SSSR count). The van der Waals surface area contributed by atoms with Gasteiger partial charge in [-0.25, -0.2) is 9.86 Å². The van der Waals surface area contributed by atoms with Crippen molar-refractivity contribution in [3.8, 4) is 0 Å². The molecule has 0 aromatic heterocycles. The first-order valence-corrected chi connectivity index (χ1v) is 8.94. The van der Waals surface area contributed by atoms with Crippen molar-refractivity contribution in [1.29, 1.82) is 0 Å². The van der Waals surface area contributed by atoms with E-state index in [2.05, 4.69) is 5.32 Å². The van der Waals surface area contributed by atoms with Crippen molar-refractivity contribution in [2.45, 2.75) is 20.4 Å². The summed E-state index contributed by atoms with van der Waals surface area (Å²) >= 11 is 6.23. The Bertz CT molecular complexity index is 957. The van der Waals surface area contributed by atoms with Crippen molar-refractivity contribution in [3.63, 3.8) is 0 Å². The quantitative estimate of drug-likeness (QED) is 0.796. The molecule has 0 aliphatic carbocycles. The zero-order valence-corrected chi connectivity index (χ0v) is 16.1. The lowest BCUT2D eigenvalue weighted by atomic mass is 9.95. The first kappa shape index (κ1) is 19.9. The van der Waals surface area contributed by atoms with Gasteiger partial charge in [-0.15, -0.1) is 0 Å². The summed E-state index contributed by atoms with van der Waals surface area (Å²) in [5, 5.41) is 13.6. The van der Waals surface area contributed by atoms with Crippen molar-refractivity contribution in [2.75, 3.05) is 11.9 Å². The number of carboxylic acids is 1. The molecule has 0 bridgehead atoms. The number of rotatable bonds is 5. The molecule has 1 fully saturated rings. The van der Waals surface area contributed by atoms with Gasteiger partial charge < -0.3 is 10.4 Å². The van der Waals surface area contributed by atoms with Crippen molar-refractivity contribution in [3.05, 3.63) is 64.2 Å². The number of carboxylic acid groups (broad SMARTS) is 1. The van der Waals surface area contributed by atoms with Crippen molar-refractivity contribution >= 4 is 35.1 Å². The van der Waals surface area contributed by atoms with Gasteiger partial charge in [-0.2, -0.15) is 0 Å². The fourth-order valence-electron chi connectivity index (χ4n) is 2.81. The SMILES string of the molecule is CC1(C)CON(Cc2cc(NC(=O)c3ccccc3C(=O)O)ccc2Cl)C1=O. The Morgan fingerprint density at radius 1 is 1.21 bits per heavy atom. The number of amides is 2. The highest BCUT2D eigenvalue weighted by atomic mass is 35.5. The van der Waals surface area contributed by atoms with Gasteiger partial charge in [-0.3, -0.25) is 14.4 Å². The van der Waals surface area contributed by atoms with E-state index in [1.54, 1.807) is 44.2 Å². The standard InChI is InChI=1S/C20H19ClN2O5/c1-20(2)11-28-23(19(20)27)10-12-9-13(7-8-16(12)21)22-17(24)14-5-3-4-6-15(14)18(25)26/h3-9H,10-11H2,1-2H3,(H,22,24)(H,25,26). The average Bonchev–Trinajstić information content (AvgIpc) is 2.91. The Morgan fingerprint density at radius 2 is 1.89 bits per heavy atom. The van der Waals surface area contributed by atoms with Gasteiger partial charge in [0.1, 0.15) is 0 Å². The van der Waals surface area contributed by atoms with Crippen LogP contribution in [-0.2, 0) is 16.2 Å². The molecule has 2 aromatic carbocycles. The Morgan fingerprint density at radius 3 is 2.50 bits per heavy atom. The Labute approximate surface area is 166 Å². The summed E-state index contributed by atoms with van der Waals surface area (Å²) in [4.78, 5) is 41.6. The van der Waals surface area contributed by atoms with Gasteiger partial charge in [0.15, 0.2) is 0 Å². The molecule has 1 aliphatic heterocycles. The minimum Gasteiger partial charge on any atom is -0.478 e. The van der Waals surface area contributed by atoms with E-state index in [4.69, 9.17) is 16.4 Å². The molecule has 1 heterocycles. The predicted octanol–water partition coefficient (Wildman–Crippen LogP) is 3.59. The van der Waals surface area contributed by atoms with Crippen LogP contribution in [0.1, 0.15) is 40.1 Å².